The molecule has 1 saturated carbocycles. The van der Waals surface area contributed by atoms with E-state index in [1.165, 1.54) is 19.2 Å². The largest absolute Gasteiger partial charge is 0.468 e. The first-order valence-corrected chi connectivity index (χ1v) is 7.35. The van der Waals surface area contributed by atoms with Crippen LogP contribution in [-0.4, -0.2) is 38.8 Å². The highest BCUT2D eigenvalue weighted by atomic mass is 19.1. The maximum Gasteiger partial charge on any atom is 0.328 e. The third kappa shape index (κ3) is 3.18. The second kappa shape index (κ2) is 6.43. The third-order valence-electron chi connectivity index (χ3n) is 4.27. The van der Waals surface area contributed by atoms with Crippen molar-refractivity contribution in [1.29, 1.82) is 0 Å². The van der Waals surface area contributed by atoms with Crippen LogP contribution in [0, 0.1) is 11.7 Å². The molecule has 5 heteroatoms. The van der Waals surface area contributed by atoms with Crippen LogP contribution in [0.3, 0.4) is 0 Å². The van der Waals surface area contributed by atoms with Crippen LogP contribution >= 0.6 is 0 Å². The molecule has 0 saturated heterocycles. The fraction of sp³-hybridized carbons (Fsp3) is 0.562. The standard InChI is InChI=1S/C16H23FN2O2/c1-4-19(14-7-5-6-13(17)10-14)11-16(18-2,12-8-9-12)15(20)21-3/h5-7,10,12,18H,4,8-9,11H2,1-3H3. The molecule has 0 bridgehead atoms. The van der Waals surface area contributed by atoms with Crippen LogP contribution in [-0.2, 0) is 9.53 Å². The number of benzene rings is 1. The smallest absolute Gasteiger partial charge is 0.328 e. The Bertz CT molecular complexity index is 505. The Morgan fingerprint density at radius 1 is 1.52 bits per heavy atom. The Balaban J connectivity index is 2.27. The van der Waals surface area contributed by atoms with Crippen molar-refractivity contribution in [3.05, 3.63) is 30.1 Å². The van der Waals surface area contributed by atoms with E-state index >= 15 is 0 Å². The van der Waals surface area contributed by atoms with Gasteiger partial charge in [0.1, 0.15) is 11.4 Å². The van der Waals surface area contributed by atoms with Crippen LogP contribution in [0.5, 0.6) is 0 Å². The summed E-state index contributed by atoms with van der Waals surface area (Å²) in [6, 6.07) is 6.46. The van der Waals surface area contributed by atoms with Crippen LogP contribution in [0.25, 0.3) is 0 Å². The zero-order chi connectivity index (χ0) is 15.5. The number of rotatable bonds is 7. The molecule has 0 amide bonds. The Labute approximate surface area is 125 Å². The van der Waals surface area contributed by atoms with E-state index in [-0.39, 0.29) is 17.7 Å². The van der Waals surface area contributed by atoms with Gasteiger partial charge in [0.25, 0.3) is 0 Å². The third-order valence-corrected chi connectivity index (χ3v) is 4.27. The SMILES string of the molecule is CCN(CC(NC)(C(=O)OC)C1CC1)c1cccc(F)c1. The molecule has 0 spiro atoms. The van der Waals surface area contributed by atoms with E-state index < -0.39 is 5.54 Å². The number of anilines is 1. The second-order valence-corrected chi connectivity index (χ2v) is 5.48. The van der Waals surface area contributed by atoms with E-state index in [1.54, 1.807) is 13.1 Å². The number of carbonyl (C=O) groups is 1. The van der Waals surface area contributed by atoms with E-state index in [4.69, 9.17) is 4.74 Å². The van der Waals surface area contributed by atoms with Crippen molar-refractivity contribution >= 4 is 11.7 Å². The van der Waals surface area contributed by atoms with Crippen LogP contribution in [0.15, 0.2) is 24.3 Å². The predicted molar refractivity (Wildman–Crippen MR) is 80.8 cm³/mol. The minimum Gasteiger partial charge on any atom is -0.468 e. The molecule has 0 radical (unpaired) electrons. The molecule has 0 heterocycles. The van der Waals surface area contributed by atoms with Crippen LogP contribution in [0.1, 0.15) is 19.8 Å². The Morgan fingerprint density at radius 2 is 2.24 bits per heavy atom. The highest BCUT2D eigenvalue weighted by Gasteiger charge is 2.51. The molecule has 1 fully saturated rings. The van der Waals surface area contributed by atoms with Crippen molar-refractivity contribution in [3.63, 3.8) is 0 Å². The number of nitrogens with zero attached hydrogens (tertiary/aromatic N) is 1. The summed E-state index contributed by atoms with van der Waals surface area (Å²) in [4.78, 5) is 14.3. The average molecular weight is 294 g/mol. The van der Waals surface area contributed by atoms with E-state index in [9.17, 15) is 9.18 Å². The van der Waals surface area contributed by atoms with E-state index in [0.29, 0.717) is 13.1 Å². The Hall–Kier alpha value is -1.62. The van der Waals surface area contributed by atoms with Gasteiger partial charge in [-0.25, -0.2) is 9.18 Å². The molecule has 0 aliphatic heterocycles. The molecule has 1 unspecified atom stereocenters. The topological polar surface area (TPSA) is 41.6 Å². The Morgan fingerprint density at radius 3 is 2.71 bits per heavy atom. The highest BCUT2D eigenvalue weighted by molar-refractivity contribution is 5.83. The first-order valence-electron chi connectivity index (χ1n) is 7.35. The number of hydrogen-bond donors (Lipinski definition) is 1. The first-order chi connectivity index (χ1) is 10.1. The molecule has 116 valence electrons. The lowest BCUT2D eigenvalue weighted by atomic mass is 9.92. The molecular formula is C16H23FN2O2. The zero-order valence-corrected chi connectivity index (χ0v) is 12.9. The number of ether oxygens (including phenoxy) is 1. The number of halogens is 1. The summed E-state index contributed by atoms with van der Waals surface area (Å²) in [5.41, 5.74) is 0.0542. The van der Waals surface area contributed by atoms with Gasteiger partial charge in [0, 0.05) is 18.8 Å². The molecule has 1 atom stereocenters. The number of nitrogens with one attached hydrogen (secondary N) is 1. The van der Waals surface area contributed by atoms with Crippen molar-refractivity contribution < 1.29 is 13.9 Å². The van der Waals surface area contributed by atoms with Crippen molar-refractivity contribution in [2.24, 2.45) is 5.92 Å². The molecule has 1 aromatic rings. The molecule has 0 aromatic heterocycles. The molecular weight excluding hydrogens is 271 g/mol. The molecule has 1 aromatic carbocycles. The molecule has 4 nitrogen and oxygen atoms in total. The summed E-state index contributed by atoms with van der Waals surface area (Å²) in [7, 11) is 3.20. The van der Waals surface area contributed by atoms with E-state index in [2.05, 4.69) is 5.32 Å². The quantitative estimate of drug-likeness (QED) is 0.783. The summed E-state index contributed by atoms with van der Waals surface area (Å²) < 4.78 is 18.5. The molecule has 1 aliphatic rings. The summed E-state index contributed by atoms with van der Waals surface area (Å²) in [6.45, 7) is 3.16. The summed E-state index contributed by atoms with van der Waals surface area (Å²) >= 11 is 0. The molecule has 21 heavy (non-hydrogen) atoms. The van der Waals surface area contributed by atoms with Crippen molar-refractivity contribution in [2.45, 2.75) is 25.3 Å². The fourth-order valence-corrected chi connectivity index (χ4v) is 2.86. The van der Waals surface area contributed by atoms with Crippen molar-refractivity contribution in [3.8, 4) is 0 Å². The summed E-state index contributed by atoms with van der Waals surface area (Å²) in [5, 5.41) is 3.17. The summed E-state index contributed by atoms with van der Waals surface area (Å²) in [5.74, 6) is -0.245. The van der Waals surface area contributed by atoms with Gasteiger partial charge in [-0.05, 0) is 50.9 Å². The second-order valence-electron chi connectivity index (χ2n) is 5.48. The zero-order valence-electron chi connectivity index (χ0n) is 12.9. The highest BCUT2D eigenvalue weighted by Crippen LogP contribution is 2.41. The number of methoxy groups -OCH3 is 1. The minimum absolute atomic E-state index is 0.248. The summed E-state index contributed by atoms with van der Waals surface area (Å²) in [6.07, 6.45) is 2.02. The van der Waals surface area contributed by atoms with Crippen molar-refractivity contribution in [1.82, 2.24) is 5.32 Å². The lowest BCUT2D eigenvalue weighted by molar-refractivity contribution is -0.149. The lowest BCUT2D eigenvalue weighted by Gasteiger charge is -2.37. The minimum atomic E-state index is -0.725. The van der Waals surface area contributed by atoms with Crippen LogP contribution in [0.2, 0.25) is 0 Å². The average Bonchev–Trinajstić information content (AvgIpc) is 3.33. The van der Waals surface area contributed by atoms with Gasteiger partial charge in [-0.3, -0.25) is 0 Å². The number of esters is 1. The number of likely N-dealkylation sites (N-methyl/N-ethyl adjacent to an activating group) is 2. The van der Waals surface area contributed by atoms with Gasteiger partial charge in [-0.15, -0.1) is 0 Å². The normalized spacial score (nSPS) is 17.1. The van der Waals surface area contributed by atoms with Gasteiger partial charge >= 0.3 is 5.97 Å². The predicted octanol–water partition coefficient (Wildman–Crippen LogP) is 2.19. The van der Waals surface area contributed by atoms with E-state index in [0.717, 1.165) is 18.5 Å². The van der Waals surface area contributed by atoms with Gasteiger partial charge in [-0.1, -0.05) is 6.07 Å². The monoisotopic (exact) mass is 294 g/mol. The van der Waals surface area contributed by atoms with Crippen molar-refractivity contribution in [2.75, 3.05) is 32.1 Å². The fourth-order valence-electron chi connectivity index (χ4n) is 2.86. The molecule has 1 aliphatic carbocycles. The Kier molecular flexibility index (Phi) is 4.83. The lowest BCUT2D eigenvalue weighted by Crippen LogP contribution is -2.60. The molecule has 2 rings (SSSR count). The van der Waals surface area contributed by atoms with Gasteiger partial charge in [0.05, 0.1) is 7.11 Å². The van der Waals surface area contributed by atoms with Gasteiger partial charge in [0.15, 0.2) is 0 Å². The van der Waals surface area contributed by atoms with Crippen LogP contribution < -0.4 is 10.2 Å². The maximum absolute atomic E-state index is 13.4. The number of hydrogen-bond acceptors (Lipinski definition) is 4. The van der Waals surface area contributed by atoms with Crippen LogP contribution in [0.4, 0.5) is 10.1 Å². The molecule has 1 N–H and O–H groups in total. The number of carbonyl (C=O) groups excluding carboxylic acids is 1. The first kappa shape index (κ1) is 15.8. The van der Waals surface area contributed by atoms with E-state index in [1.807, 2.05) is 17.9 Å². The van der Waals surface area contributed by atoms with Gasteiger partial charge < -0.3 is 15.0 Å². The van der Waals surface area contributed by atoms with Gasteiger partial charge in [0.2, 0.25) is 0 Å². The van der Waals surface area contributed by atoms with Gasteiger partial charge in [-0.2, -0.15) is 0 Å². The maximum atomic E-state index is 13.4.